The number of unbranched alkanes of at least 4 members (excludes halogenated alkanes) is 2. The number of hydrogen-bond donors (Lipinski definition) is 0. The Labute approximate surface area is 144 Å². The van der Waals surface area contributed by atoms with Crippen molar-refractivity contribution in [2.45, 2.75) is 76.6 Å². The summed E-state index contributed by atoms with van der Waals surface area (Å²) in [5.41, 5.74) is -2.24. The van der Waals surface area contributed by atoms with Crippen molar-refractivity contribution in [3.05, 3.63) is 34.9 Å². The summed E-state index contributed by atoms with van der Waals surface area (Å²) in [6.07, 6.45) is -1.89. The van der Waals surface area contributed by atoms with Crippen molar-refractivity contribution in [1.29, 1.82) is 0 Å². The Morgan fingerprint density at radius 2 is 1.32 bits per heavy atom. The van der Waals surface area contributed by atoms with Gasteiger partial charge in [-0.3, -0.25) is 0 Å². The van der Waals surface area contributed by atoms with E-state index in [-0.39, 0.29) is 17.5 Å². The first-order valence-electron chi connectivity index (χ1n) is 8.90. The molecular weight excluding hydrogens is 342 g/mol. The standard InChI is InChI=1S/C19H24F6/c1-2-3-4-5-13-6-8-14(9-7-13)15-10-16(18(20,21)22)12-17(11-15)19(23,24)25/h10-14H,2-9H2,1H3. The molecule has 1 aliphatic rings. The van der Waals surface area contributed by atoms with E-state index in [0.717, 1.165) is 44.2 Å². The second-order valence-electron chi connectivity index (χ2n) is 7.05. The van der Waals surface area contributed by atoms with Crippen molar-refractivity contribution < 1.29 is 26.3 Å². The lowest BCUT2D eigenvalue weighted by Gasteiger charge is -2.29. The van der Waals surface area contributed by atoms with E-state index in [1.165, 1.54) is 6.42 Å². The molecule has 0 saturated heterocycles. The van der Waals surface area contributed by atoms with Gasteiger partial charge < -0.3 is 0 Å². The van der Waals surface area contributed by atoms with Gasteiger partial charge in [0.15, 0.2) is 0 Å². The van der Waals surface area contributed by atoms with Crippen molar-refractivity contribution in [3.8, 4) is 0 Å². The summed E-state index contributed by atoms with van der Waals surface area (Å²) in [5, 5.41) is 0. The predicted molar refractivity (Wildman–Crippen MR) is 85.3 cm³/mol. The molecule has 1 saturated carbocycles. The lowest BCUT2D eigenvalue weighted by molar-refractivity contribution is -0.143. The van der Waals surface area contributed by atoms with Crippen LogP contribution < -0.4 is 0 Å². The van der Waals surface area contributed by atoms with Gasteiger partial charge in [0.05, 0.1) is 11.1 Å². The highest BCUT2D eigenvalue weighted by atomic mass is 19.4. The van der Waals surface area contributed by atoms with Crippen LogP contribution in [0.2, 0.25) is 0 Å². The Kier molecular flexibility index (Phi) is 6.44. The fraction of sp³-hybridized carbons (Fsp3) is 0.684. The Balaban J connectivity index is 2.14. The molecule has 0 heterocycles. The van der Waals surface area contributed by atoms with Crippen LogP contribution in [-0.4, -0.2) is 0 Å². The summed E-state index contributed by atoms with van der Waals surface area (Å²) in [7, 11) is 0. The second-order valence-corrected chi connectivity index (χ2v) is 7.05. The molecule has 0 N–H and O–H groups in total. The van der Waals surface area contributed by atoms with Crippen LogP contribution >= 0.6 is 0 Å². The van der Waals surface area contributed by atoms with Crippen molar-refractivity contribution >= 4 is 0 Å². The average molecular weight is 366 g/mol. The van der Waals surface area contributed by atoms with Crippen LogP contribution in [0.1, 0.15) is 80.9 Å². The summed E-state index contributed by atoms with van der Waals surface area (Å²) in [4.78, 5) is 0. The van der Waals surface area contributed by atoms with Crippen LogP contribution in [0.25, 0.3) is 0 Å². The molecule has 2 rings (SSSR count). The lowest BCUT2D eigenvalue weighted by Crippen LogP contribution is -2.16. The van der Waals surface area contributed by atoms with Gasteiger partial charge >= 0.3 is 12.4 Å². The van der Waals surface area contributed by atoms with E-state index in [4.69, 9.17) is 0 Å². The molecule has 1 aromatic carbocycles. The van der Waals surface area contributed by atoms with E-state index >= 15 is 0 Å². The summed E-state index contributed by atoms with van der Waals surface area (Å²) in [5.74, 6) is 0.335. The zero-order chi connectivity index (χ0) is 18.7. The maximum absolute atomic E-state index is 13.0. The third kappa shape index (κ3) is 5.65. The highest BCUT2D eigenvalue weighted by molar-refractivity contribution is 5.35. The van der Waals surface area contributed by atoms with E-state index in [1.807, 2.05) is 0 Å². The molecule has 1 fully saturated rings. The van der Waals surface area contributed by atoms with Crippen LogP contribution in [0.5, 0.6) is 0 Å². The zero-order valence-corrected chi connectivity index (χ0v) is 14.3. The van der Waals surface area contributed by atoms with Crippen LogP contribution in [0.15, 0.2) is 18.2 Å². The molecule has 1 aromatic rings. The maximum Gasteiger partial charge on any atom is 0.416 e. The van der Waals surface area contributed by atoms with Crippen LogP contribution in [0, 0.1) is 5.92 Å². The minimum atomic E-state index is -4.77. The Hall–Kier alpha value is -1.20. The highest BCUT2D eigenvalue weighted by Gasteiger charge is 2.37. The Bertz CT molecular complexity index is 518. The van der Waals surface area contributed by atoms with Crippen molar-refractivity contribution in [2.75, 3.05) is 0 Å². The summed E-state index contributed by atoms with van der Waals surface area (Å²) in [6, 6.07) is 2.01. The van der Waals surface area contributed by atoms with E-state index in [0.29, 0.717) is 18.8 Å². The van der Waals surface area contributed by atoms with Gasteiger partial charge in [-0.15, -0.1) is 0 Å². The SMILES string of the molecule is CCCCCC1CCC(c2cc(C(F)(F)F)cc(C(F)(F)F)c2)CC1. The van der Waals surface area contributed by atoms with Gasteiger partial charge in [0.25, 0.3) is 0 Å². The van der Waals surface area contributed by atoms with Crippen LogP contribution in [-0.2, 0) is 12.4 Å². The fourth-order valence-electron chi connectivity index (χ4n) is 3.68. The number of hydrogen-bond acceptors (Lipinski definition) is 0. The van der Waals surface area contributed by atoms with Gasteiger partial charge in [-0.1, -0.05) is 32.6 Å². The van der Waals surface area contributed by atoms with Crippen molar-refractivity contribution in [3.63, 3.8) is 0 Å². The summed E-state index contributed by atoms with van der Waals surface area (Å²) < 4.78 is 77.8. The van der Waals surface area contributed by atoms with Gasteiger partial charge in [0.2, 0.25) is 0 Å². The average Bonchev–Trinajstić information content (AvgIpc) is 2.54. The molecule has 0 amide bonds. The topological polar surface area (TPSA) is 0 Å². The van der Waals surface area contributed by atoms with Gasteiger partial charge in [-0.05, 0) is 61.3 Å². The summed E-state index contributed by atoms with van der Waals surface area (Å²) >= 11 is 0. The normalized spacial score (nSPS) is 22.2. The first-order chi connectivity index (χ1) is 11.6. The zero-order valence-electron chi connectivity index (χ0n) is 14.3. The maximum atomic E-state index is 13.0. The van der Waals surface area contributed by atoms with Crippen LogP contribution in [0.3, 0.4) is 0 Å². The first kappa shape index (κ1) is 20.1. The molecule has 0 unspecified atom stereocenters. The third-order valence-corrected chi connectivity index (χ3v) is 5.14. The molecule has 0 nitrogen and oxygen atoms in total. The second kappa shape index (κ2) is 8.00. The van der Waals surface area contributed by atoms with Gasteiger partial charge in [0, 0.05) is 0 Å². The number of benzene rings is 1. The van der Waals surface area contributed by atoms with Gasteiger partial charge in [0.1, 0.15) is 0 Å². The molecule has 0 aliphatic heterocycles. The summed E-state index contributed by atoms with van der Waals surface area (Å²) in [6.45, 7) is 2.13. The van der Waals surface area contributed by atoms with E-state index in [1.54, 1.807) is 0 Å². The number of halogens is 6. The predicted octanol–water partition coefficient (Wildman–Crippen LogP) is 7.58. The molecule has 0 spiro atoms. The quantitative estimate of drug-likeness (QED) is 0.372. The first-order valence-corrected chi connectivity index (χ1v) is 8.90. The fourth-order valence-corrected chi connectivity index (χ4v) is 3.68. The molecule has 1 aliphatic carbocycles. The molecule has 0 radical (unpaired) electrons. The molecule has 142 valence electrons. The Morgan fingerprint density at radius 1 is 0.800 bits per heavy atom. The molecule has 0 atom stereocenters. The van der Waals surface area contributed by atoms with Gasteiger partial charge in [-0.25, -0.2) is 0 Å². The molecular formula is C19H24F6. The number of alkyl halides is 6. The molecule has 0 bridgehead atoms. The minimum Gasteiger partial charge on any atom is -0.166 e. The third-order valence-electron chi connectivity index (χ3n) is 5.14. The van der Waals surface area contributed by atoms with Gasteiger partial charge in [-0.2, -0.15) is 26.3 Å². The van der Waals surface area contributed by atoms with E-state index in [2.05, 4.69) is 6.92 Å². The highest BCUT2D eigenvalue weighted by Crippen LogP contribution is 2.42. The monoisotopic (exact) mass is 366 g/mol. The van der Waals surface area contributed by atoms with Crippen molar-refractivity contribution in [1.82, 2.24) is 0 Å². The van der Waals surface area contributed by atoms with E-state index in [9.17, 15) is 26.3 Å². The number of rotatable bonds is 5. The molecule has 0 aromatic heterocycles. The Morgan fingerprint density at radius 3 is 1.76 bits per heavy atom. The smallest absolute Gasteiger partial charge is 0.166 e. The largest absolute Gasteiger partial charge is 0.416 e. The van der Waals surface area contributed by atoms with Crippen molar-refractivity contribution in [2.24, 2.45) is 5.92 Å². The minimum absolute atomic E-state index is 0.175. The van der Waals surface area contributed by atoms with Crippen LogP contribution in [0.4, 0.5) is 26.3 Å². The molecule has 6 heteroatoms. The lowest BCUT2D eigenvalue weighted by atomic mass is 9.76. The molecule has 25 heavy (non-hydrogen) atoms. The van der Waals surface area contributed by atoms with E-state index < -0.39 is 23.5 Å².